The van der Waals surface area contributed by atoms with Crippen LogP contribution in [0.15, 0.2) is 36.4 Å². The first-order chi connectivity index (χ1) is 11.6. The molecule has 24 heavy (non-hydrogen) atoms. The molecule has 1 saturated carbocycles. The molecule has 0 unspecified atom stereocenters. The van der Waals surface area contributed by atoms with Crippen LogP contribution in [0.25, 0.3) is 0 Å². The van der Waals surface area contributed by atoms with Crippen LogP contribution in [-0.2, 0) is 9.59 Å². The number of amides is 2. The van der Waals surface area contributed by atoms with E-state index in [4.69, 9.17) is 4.74 Å². The normalized spacial score (nSPS) is 19.2. The molecular formula is C17H20N4O3. The minimum atomic E-state index is -0.251. The van der Waals surface area contributed by atoms with E-state index in [1.807, 2.05) is 24.3 Å². The number of aromatic amines is 1. The van der Waals surface area contributed by atoms with Crippen LogP contribution in [-0.4, -0.2) is 34.7 Å². The van der Waals surface area contributed by atoms with E-state index in [1.54, 1.807) is 12.1 Å². The molecule has 0 aliphatic heterocycles. The maximum atomic E-state index is 11.9. The van der Waals surface area contributed by atoms with E-state index in [2.05, 4.69) is 20.8 Å². The van der Waals surface area contributed by atoms with Crippen LogP contribution in [0.4, 0.5) is 5.82 Å². The third kappa shape index (κ3) is 4.13. The predicted octanol–water partition coefficient (Wildman–Crippen LogP) is 1.81. The van der Waals surface area contributed by atoms with Gasteiger partial charge in [0.2, 0.25) is 5.91 Å². The Kier molecular flexibility index (Phi) is 4.79. The third-order valence-electron chi connectivity index (χ3n) is 3.95. The number of benzene rings is 1. The fraction of sp³-hybridized carbons (Fsp3) is 0.353. The average Bonchev–Trinajstić information content (AvgIpc) is 2.97. The Morgan fingerprint density at radius 2 is 2.04 bits per heavy atom. The van der Waals surface area contributed by atoms with E-state index >= 15 is 0 Å². The predicted molar refractivity (Wildman–Crippen MR) is 88.7 cm³/mol. The van der Waals surface area contributed by atoms with Gasteiger partial charge in [-0.2, -0.15) is 5.10 Å². The summed E-state index contributed by atoms with van der Waals surface area (Å²) in [6, 6.07) is 11.2. The Labute approximate surface area is 139 Å². The van der Waals surface area contributed by atoms with Crippen molar-refractivity contribution in [3.63, 3.8) is 0 Å². The van der Waals surface area contributed by atoms with Crippen molar-refractivity contribution in [2.45, 2.75) is 31.7 Å². The van der Waals surface area contributed by atoms with E-state index in [-0.39, 0.29) is 24.5 Å². The summed E-state index contributed by atoms with van der Waals surface area (Å²) in [4.78, 5) is 22.9. The van der Waals surface area contributed by atoms with Crippen LogP contribution in [0.1, 0.15) is 31.4 Å². The Balaban J connectivity index is 1.44. The summed E-state index contributed by atoms with van der Waals surface area (Å²) in [5.41, 5.74) is 0.899. The van der Waals surface area contributed by atoms with E-state index < -0.39 is 0 Å². The second-order valence-electron chi connectivity index (χ2n) is 5.92. The molecule has 0 bridgehead atoms. The number of carbonyl (C=O) groups excluding carboxylic acids is 2. The summed E-state index contributed by atoms with van der Waals surface area (Å²) in [5.74, 6) is 1.25. The first-order valence-electron chi connectivity index (χ1n) is 7.90. The van der Waals surface area contributed by atoms with Crippen molar-refractivity contribution >= 4 is 17.6 Å². The van der Waals surface area contributed by atoms with Gasteiger partial charge >= 0.3 is 0 Å². The Bertz CT molecular complexity index is 708. The number of nitrogens with one attached hydrogen (secondary N) is 3. The first-order valence-corrected chi connectivity index (χ1v) is 7.90. The number of ether oxygens (including phenoxy) is 1. The van der Waals surface area contributed by atoms with Gasteiger partial charge in [0.15, 0.2) is 6.61 Å². The largest absolute Gasteiger partial charge is 0.484 e. The number of hydrogen-bond donors (Lipinski definition) is 3. The molecule has 7 nitrogen and oxygen atoms in total. The molecule has 7 heteroatoms. The molecule has 3 rings (SSSR count). The van der Waals surface area contributed by atoms with Crippen LogP contribution in [0, 0.1) is 0 Å². The van der Waals surface area contributed by atoms with Crippen LogP contribution in [0.2, 0.25) is 0 Å². The molecule has 1 heterocycles. The average molecular weight is 328 g/mol. The van der Waals surface area contributed by atoms with Gasteiger partial charge in [-0.3, -0.25) is 14.7 Å². The molecule has 2 aromatic rings. The van der Waals surface area contributed by atoms with Gasteiger partial charge in [-0.05, 0) is 25.0 Å². The highest BCUT2D eigenvalue weighted by Gasteiger charge is 2.32. The summed E-state index contributed by atoms with van der Waals surface area (Å²) < 4.78 is 5.39. The van der Waals surface area contributed by atoms with Crippen LogP contribution < -0.4 is 15.4 Å². The second kappa shape index (κ2) is 7.16. The Hall–Kier alpha value is -2.83. The smallest absolute Gasteiger partial charge is 0.263 e. The third-order valence-corrected chi connectivity index (χ3v) is 3.95. The summed E-state index contributed by atoms with van der Waals surface area (Å²) in [6.07, 6.45) is 1.74. The Morgan fingerprint density at radius 1 is 1.29 bits per heavy atom. The number of carbonyl (C=O) groups is 2. The van der Waals surface area contributed by atoms with E-state index in [9.17, 15) is 9.59 Å². The molecule has 1 aromatic carbocycles. The van der Waals surface area contributed by atoms with Gasteiger partial charge in [0, 0.05) is 24.9 Å². The molecule has 1 fully saturated rings. The van der Waals surface area contributed by atoms with Gasteiger partial charge in [-0.25, -0.2) is 0 Å². The maximum absolute atomic E-state index is 11.9. The van der Waals surface area contributed by atoms with Gasteiger partial charge in [0.1, 0.15) is 11.6 Å². The van der Waals surface area contributed by atoms with Crippen LogP contribution in [0.5, 0.6) is 5.75 Å². The Morgan fingerprint density at radius 3 is 2.75 bits per heavy atom. The number of rotatable bonds is 6. The zero-order chi connectivity index (χ0) is 16.9. The number of aromatic nitrogens is 2. The molecule has 0 atom stereocenters. The summed E-state index contributed by atoms with van der Waals surface area (Å²) in [5, 5.41) is 12.7. The SMILES string of the molecule is CC(=O)N[C@H]1C[C@@H](c2cc(NC(=O)COc3ccccc3)[nH]n2)C1. The molecule has 1 aliphatic rings. The lowest BCUT2D eigenvalue weighted by Gasteiger charge is -2.34. The number of anilines is 1. The quantitative estimate of drug-likeness (QED) is 0.753. The number of hydrogen-bond acceptors (Lipinski definition) is 4. The van der Waals surface area contributed by atoms with Crippen molar-refractivity contribution in [3.8, 4) is 5.75 Å². The molecule has 126 valence electrons. The summed E-state index contributed by atoms with van der Waals surface area (Å²) >= 11 is 0. The number of H-pyrrole nitrogens is 1. The van der Waals surface area contributed by atoms with Crippen molar-refractivity contribution in [2.75, 3.05) is 11.9 Å². The molecule has 3 N–H and O–H groups in total. The molecule has 0 radical (unpaired) electrons. The fourth-order valence-electron chi connectivity index (χ4n) is 2.73. The molecule has 1 aromatic heterocycles. The minimum absolute atomic E-state index is 0.00755. The fourth-order valence-corrected chi connectivity index (χ4v) is 2.73. The van der Waals surface area contributed by atoms with Gasteiger partial charge in [-0.15, -0.1) is 0 Å². The standard InChI is InChI=1S/C17H20N4O3/c1-11(22)18-13-7-12(8-13)15-9-16(21-20-15)19-17(23)10-24-14-5-3-2-4-6-14/h2-6,9,12-13H,7-8,10H2,1H3,(H,18,22)(H2,19,20,21,23)/t12-,13+. The summed E-state index contributed by atoms with van der Waals surface area (Å²) in [7, 11) is 0. The lowest BCUT2D eigenvalue weighted by Crippen LogP contribution is -2.42. The minimum Gasteiger partial charge on any atom is -0.484 e. The topological polar surface area (TPSA) is 96.1 Å². The number of para-hydroxylation sites is 1. The molecule has 0 saturated heterocycles. The number of nitrogens with zero attached hydrogens (tertiary/aromatic N) is 1. The lowest BCUT2D eigenvalue weighted by atomic mass is 9.78. The first kappa shape index (κ1) is 16.0. The van der Waals surface area contributed by atoms with Crippen LogP contribution in [0.3, 0.4) is 0 Å². The van der Waals surface area contributed by atoms with Gasteiger partial charge in [0.25, 0.3) is 5.91 Å². The highest BCUT2D eigenvalue weighted by molar-refractivity contribution is 5.91. The zero-order valence-corrected chi connectivity index (χ0v) is 13.4. The van der Waals surface area contributed by atoms with Crippen molar-refractivity contribution in [3.05, 3.63) is 42.1 Å². The van der Waals surface area contributed by atoms with Gasteiger partial charge in [-0.1, -0.05) is 18.2 Å². The van der Waals surface area contributed by atoms with Crippen molar-refractivity contribution in [1.29, 1.82) is 0 Å². The maximum Gasteiger partial charge on any atom is 0.263 e. The van der Waals surface area contributed by atoms with Crippen molar-refractivity contribution in [2.24, 2.45) is 0 Å². The lowest BCUT2D eigenvalue weighted by molar-refractivity contribution is -0.120. The molecule has 2 amide bonds. The monoisotopic (exact) mass is 328 g/mol. The van der Waals surface area contributed by atoms with Crippen molar-refractivity contribution in [1.82, 2.24) is 15.5 Å². The van der Waals surface area contributed by atoms with E-state index in [0.717, 1.165) is 18.5 Å². The van der Waals surface area contributed by atoms with Gasteiger partial charge < -0.3 is 15.4 Å². The summed E-state index contributed by atoms with van der Waals surface area (Å²) in [6.45, 7) is 1.46. The van der Waals surface area contributed by atoms with Crippen LogP contribution >= 0.6 is 0 Å². The molecule has 0 spiro atoms. The van der Waals surface area contributed by atoms with Gasteiger partial charge in [0.05, 0.1) is 5.69 Å². The zero-order valence-electron chi connectivity index (χ0n) is 13.4. The van der Waals surface area contributed by atoms with E-state index in [0.29, 0.717) is 17.5 Å². The molecule has 1 aliphatic carbocycles. The highest BCUT2D eigenvalue weighted by atomic mass is 16.5. The molecular weight excluding hydrogens is 308 g/mol. The van der Waals surface area contributed by atoms with Crippen molar-refractivity contribution < 1.29 is 14.3 Å². The second-order valence-corrected chi connectivity index (χ2v) is 5.92. The van der Waals surface area contributed by atoms with E-state index in [1.165, 1.54) is 6.92 Å². The highest BCUT2D eigenvalue weighted by Crippen LogP contribution is 2.36.